The third kappa shape index (κ3) is 1.54. The third-order valence-corrected chi connectivity index (χ3v) is 2.70. The summed E-state index contributed by atoms with van der Waals surface area (Å²) in [5.74, 6) is 1.02. The van der Waals surface area contributed by atoms with Crippen LogP contribution in [0.3, 0.4) is 0 Å². The van der Waals surface area contributed by atoms with Gasteiger partial charge in [0.25, 0.3) is 0 Å². The van der Waals surface area contributed by atoms with Crippen molar-refractivity contribution in [3.05, 3.63) is 29.3 Å². The number of nitrogens with two attached hydrogens (primary N) is 1. The number of methoxy groups -OCH3 is 1. The molecule has 0 radical (unpaired) electrons. The molecule has 1 atom stereocenters. The Bertz CT molecular complexity index is 309. The van der Waals surface area contributed by atoms with Crippen LogP contribution in [0.1, 0.15) is 17.5 Å². The largest absolute Gasteiger partial charge is 0.496 e. The second-order valence-corrected chi connectivity index (χ2v) is 3.60. The fourth-order valence-corrected chi connectivity index (χ4v) is 1.99. The number of rotatable bonds is 1. The summed E-state index contributed by atoms with van der Waals surface area (Å²) in [6, 6.07) is 6.54. The Hall–Kier alpha value is -1.02. The van der Waals surface area contributed by atoms with E-state index in [1.54, 1.807) is 7.11 Å². The molecule has 0 aromatic heterocycles. The number of hydrogen-bond acceptors (Lipinski definition) is 2. The SMILES string of the molecule is COc1cccc2c1CC[C@H](N)C2. The molecule has 0 heterocycles. The lowest BCUT2D eigenvalue weighted by Gasteiger charge is -2.22. The summed E-state index contributed by atoms with van der Waals surface area (Å²) >= 11 is 0. The third-order valence-electron chi connectivity index (χ3n) is 2.70. The van der Waals surface area contributed by atoms with Crippen LogP contribution in [0.2, 0.25) is 0 Å². The van der Waals surface area contributed by atoms with E-state index in [4.69, 9.17) is 10.5 Å². The lowest BCUT2D eigenvalue weighted by molar-refractivity contribution is 0.404. The van der Waals surface area contributed by atoms with Crippen LogP contribution in [-0.2, 0) is 12.8 Å². The average Bonchev–Trinajstić information content (AvgIpc) is 2.16. The van der Waals surface area contributed by atoms with Crippen molar-refractivity contribution in [1.29, 1.82) is 0 Å². The van der Waals surface area contributed by atoms with Crippen LogP contribution in [0.15, 0.2) is 18.2 Å². The first-order chi connectivity index (χ1) is 6.31. The van der Waals surface area contributed by atoms with Gasteiger partial charge in [-0.25, -0.2) is 0 Å². The zero-order valence-corrected chi connectivity index (χ0v) is 7.92. The molecule has 0 fully saturated rings. The molecular formula is C11H15NO. The van der Waals surface area contributed by atoms with Gasteiger partial charge in [-0.15, -0.1) is 0 Å². The molecule has 2 heteroatoms. The van der Waals surface area contributed by atoms with E-state index in [9.17, 15) is 0 Å². The molecule has 2 N–H and O–H groups in total. The Morgan fingerprint density at radius 2 is 2.31 bits per heavy atom. The van der Waals surface area contributed by atoms with Crippen LogP contribution < -0.4 is 10.5 Å². The molecule has 1 aliphatic rings. The Kier molecular flexibility index (Phi) is 2.23. The lowest BCUT2D eigenvalue weighted by atomic mass is 9.88. The van der Waals surface area contributed by atoms with Crippen molar-refractivity contribution in [3.8, 4) is 5.75 Å². The Labute approximate surface area is 78.7 Å². The van der Waals surface area contributed by atoms with Gasteiger partial charge in [-0.1, -0.05) is 12.1 Å². The van der Waals surface area contributed by atoms with Crippen molar-refractivity contribution < 1.29 is 4.74 Å². The molecule has 1 aliphatic carbocycles. The summed E-state index contributed by atoms with van der Waals surface area (Å²) in [7, 11) is 1.73. The Morgan fingerprint density at radius 3 is 3.08 bits per heavy atom. The second-order valence-electron chi connectivity index (χ2n) is 3.60. The van der Waals surface area contributed by atoms with Gasteiger partial charge >= 0.3 is 0 Å². The smallest absolute Gasteiger partial charge is 0.122 e. The molecule has 0 saturated heterocycles. The molecule has 0 saturated carbocycles. The van der Waals surface area contributed by atoms with Gasteiger partial charge in [0, 0.05) is 6.04 Å². The van der Waals surface area contributed by atoms with Crippen molar-refractivity contribution in [3.63, 3.8) is 0 Å². The van der Waals surface area contributed by atoms with Gasteiger partial charge in [0.1, 0.15) is 5.75 Å². The van der Waals surface area contributed by atoms with Crippen LogP contribution in [0.5, 0.6) is 5.75 Å². The van der Waals surface area contributed by atoms with Crippen molar-refractivity contribution in [2.24, 2.45) is 5.73 Å². The molecule has 13 heavy (non-hydrogen) atoms. The number of hydrogen-bond donors (Lipinski definition) is 1. The standard InChI is InChI=1S/C11H15NO/c1-13-11-4-2-3-8-7-9(12)5-6-10(8)11/h2-4,9H,5-7,12H2,1H3/t9-/m0/s1. The van der Waals surface area contributed by atoms with E-state index >= 15 is 0 Å². The summed E-state index contributed by atoms with van der Waals surface area (Å²) < 4.78 is 5.31. The van der Waals surface area contributed by atoms with Crippen molar-refractivity contribution in [1.82, 2.24) is 0 Å². The highest BCUT2D eigenvalue weighted by Gasteiger charge is 2.17. The van der Waals surface area contributed by atoms with E-state index in [-0.39, 0.29) is 0 Å². The highest BCUT2D eigenvalue weighted by Crippen LogP contribution is 2.28. The summed E-state index contributed by atoms with van der Waals surface area (Å²) in [4.78, 5) is 0. The fraction of sp³-hybridized carbons (Fsp3) is 0.455. The van der Waals surface area contributed by atoms with E-state index < -0.39 is 0 Å². The maximum atomic E-state index is 5.90. The van der Waals surface area contributed by atoms with Gasteiger partial charge in [0.2, 0.25) is 0 Å². The van der Waals surface area contributed by atoms with E-state index in [1.165, 1.54) is 11.1 Å². The molecule has 2 nitrogen and oxygen atoms in total. The number of ether oxygens (including phenoxy) is 1. The summed E-state index contributed by atoms with van der Waals surface area (Å²) in [5, 5.41) is 0. The van der Waals surface area contributed by atoms with Crippen LogP contribution >= 0.6 is 0 Å². The van der Waals surface area contributed by atoms with Crippen molar-refractivity contribution in [2.45, 2.75) is 25.3 Å². The minimum Gasteiger partial charge on any atom is -0.496 e. The average molecular weight is 177 g/mol. The normalized spacial score (nSPS) is 20.9. The Balaban J connectivity index is 2.39. The molecule has 0 aliphatic heterocycles. The van der Waals surface area contributed by atoms with Gasteiger partial charge in [-0.2, -0.15) is 0 Å². The first kappa shape index (κ1) is 8.57. The van der Waals surface area contributed by atoms with E-state index in [1.807, 2.05) is 12.1 Å². The number of benzene rings is 1. The first-order valence-corrected chi connectivity index (χ1v) is 4.71. The van der Waals surface area contributed by atoms with Crippen molar-refractivity contribution in [2.75, 3.05) is 7.11 Å². The molecule has 1 aromatic carbocycles. The second kappa shape index (κ2) is 3.38. The molecule has 0 bridgehead atoms. The first-order valence-electron chi connectivity index (χ1n) is 4.71. The molecule has 2 rings (SSSR count). The Morgan fingerprint density at radius 1 is 1.46 bits per heavy atom. The molecule has 70 valence electrons. The van der Waals surface area contributed by atoms with Crippen molar-refractivity contribution >= 4 is 0 Å². The number of fused-ring (bicyclic) bond motifs is 1. The topological polar surface area (TPSA) is 35.2 Å². The van der Waals surface area contributed by atoms with E-state index in [0.29, 0.717) is 6.04 Å². The summed E-state index contributed by atoms with van der Waals surface area (Å²) in [6.45, 7) is 0. The van der Waals surface area contributed by atoms with Crippen LogP contribution in [-0.4, -0.2) is 13.2 Å². The van der Waals surface area contributed by atoms with Crippen LogP contribution in [0.25, 0.3) is 0 Å². The predicted molar refractivity (Wildman–Crippen MR) is 53.0 cm³/mol. The minimum absolute atomic E-state index is 0.333. The highest BCUT2D eigenvalue weighted by atomic mass is 16.5. The maximum absolute atomic E-state index is 5.90. The fourth-order valence-electron chi connectivity index (χ4n) is 1.99. The monoisotopic (exact) mass is 177 g/mol. The van der Waals surface area contributed by atoms with Gasteiger partial charge in [-0.05, 0) is 36.5 Å². The maximum Gasteiger partial charge on any atom is 0.122 e. The minimum atomic E-state index is 0.333. The quantitative estimate of drug-likeness (QED) is 0.705. The molecule has 0 amide bonds. The van der Waals surface area contributed by atoms with E-state index in [0.717, 1.165) is 25.0 Å². The summed E-state index contributed by atoms with van der Waals surface area (Å²) in [5.41, 5.74) is 8.61. The molecule has 0 unspecified atom stereocenters. The molecule has 1 aromatic rings. The zero-order valence-electron chi connectivity index (χ0n) is 7.92. The van der Waals surface area contributed by atoms with Crippen LogP contribution in [0.4, 0.5) is 0 Å². The zero-order chi connectivity index (χ0) is 9.26. The van der Waals surface area contributed by atoms with Gasteiger partial charge in [0.15, 0.2) is 0 Å². The lowest BCUT2D eigenvalue weighted by Crippen LogP contribution is -2.27. The van der Waals surface area contributed by atoms with Gasteiger partial charge in [-0.3, -0.25) is 0 Å². The van der Waals surface area contributed by atoms with Gasteiger partial charge < -0.3 is 10.5 Å². The predicted octanol–water partition coefficient (Wildman–Crippen LogP) is 1.51. The van der Waals surface area contributed by atoms with Crippen LogP contribution in [0, 0.1) is 0 Å². The highest BCUT2D eigenvalue weighted by molar-refractivity contribution is 5.42. The molecular weight excluding hydrogens is 162 g/mol. The summed E-state index contributed by atoms with van der Waals surface area (Å²) in [6.07, 6.45) is 3.13. The molecule has 0 spiro atoms. The van der Waals surface area contributed by atoms with E-state index in [2.05, 4.69) is 6.07 Å². The van der Waals surface area contributed by atoms with Gasteiger partial charge in [0.05, 0.1) is 7.11 Å².